The van der Waals surface area contributed by atoms with E-state index in [1.54, 1.807) is 12.5 Å². The Morgan fingerprint density at radius 3 is 3.06 bits per heavy atom. The summed E-state index contributed by atoms with van der Waals surface area (Å²) >= 11 is 0. The molecule has 1 aliphatic heterocycles. The van der Waals surface area contributed by atoms with Gasteiger partial charge in [-0.15, -0.1) is 0 Å². The van der Waals surface area contributed by atoms with E-state index in [1.807, 2.05) is 11.6 Å². The number of anilines is 1. The maximum absolute atomic E-state index is 5.87. The summed E-state index contributed by atoms with van der Waals surface area (Å²) in [5.41, 5.74) is 7.56. The molecular weight excluding hydrogens is 204 g/mol. The summed E-state index contributed by atoms with van der Waals surface area (Å²) in [6.07, 6.45) is 4.52. The van der Waals surface area contributed by atoms with Gasteiger partial charge in [0.05, 0.1) is 12.5 Å². The maximum Gasteiger partial charge on any atom is 0.227 e. The first-order valence-corrected chi connectivity index (χ1v) is 5.38. The second kappa shape index (κ2) is 3.41. The van der Waals surface area contributed by atoms with Crippen LogP contribution >= 0.6 is 0 Å². The second-order valence-electron chi connectivity index (χ2n) is 4.23. The number of nitrogens with zero attached hydrogens (tertiary/aromatic N) is 5. The average Bonchev–Trinajstić information content (AvgIpc) is 2.86. The minimum Gasteiger partial charge on any atom is -0.339 e. The van der Waals surface area contributed by atoms with Gasteiger partial charge < -0.3 is 15.2 Å². The molecule has 1 saturated heterocycles. The fourth-order valence-electron chi connectivity index (χ4n) is 2.03. The molecule has 2 aromatic rings. The summed E-state index contributed by atoms with van der Waals surface area (Å²) in [4.78, 5) is 15.1. The molecule has 1 atom stereocenters. The molecule has 0 bridgehead atoms. The fourth-order valence-corrected chi connectivity index (χ4v) is 2.03. The Labute approximate surface area is 93.1 Å². The summed E-state index contributed by atoms with van der Waals surface area (Å²) in [5.74, 6) is 0.754. The van der Waals surface area contributed by atoms with E-state index in [-0.39, 0.29) is 6.04 Å². The van der Waals surface area contributed by atoms with Crippen LogP contribution in [0.5, 0.6) is 0 Å². The van der Waals surface area contributed by atoms with Gasteiger partial charge in [0.2, 0.25) is 5.95 Å². The van der Waals surface area contributed by atoms with Crippen molar-refractivity contribution in [3.8, 4) is 0 Å². The molecule has 0 aliphatic carbocycles. The number of hydrogen-bond donors (Lipinski definition) is 1. The lowest BCUT2D eigenvalue weighted by atomic mass is 10.3. The normalized spacial score (nSPS) is 20.9. The van der Waals surface area contributed by atoms with Crippen LogP contribution in [0.1, 0.15) is 6.42 Å². The minimum absolute atomic E-state index is 0.242. The van der Waals surface area contributed by atoms with Crippen LogP contribution in [-0.4, -0.2) is 38.7 Å². The monoisotopic (exact) mass is 218 g/mol. The van der Waals surface area contributed by atoms with Gasteiger partial charge in [0.1, 0.15) is 5.52 Å². The van der Waals surface area contributed by atoms with Gasteiger partial charge in [0, 0.05) is 26.2 Å². The number of imidazole rings is 1. The Balaban J connectivity index is 2.01. The summed E-state index contributed by atoms with van der Waals surface area (Å²) in [6.45, 7) is 1.77. The Bertz CT molecular complexity index is 519. The Morgan fingerprint density at radius 2 is 2.31 bits per heavy atom. The van der Waals surface area contributed by atoms with Crippen molar-refractivity contribution in [2.45, 2.75) is 12.5 Å². The van der Waals surface area contributed by atoms with Crippen LogP contribution in [-0.2, 0) is 7.05 Å². The highest BCUT2D eigenvalue weighted by molar-refractivity contribution is 5.70. The van der Waals surface area contributed by atoms with Crippen LogP contribution in [0, 0.1) is 0 Å². The van der Waals surface area contributed by atoms with Crippen LogP contribution in [0.3, 0.4) is 0 Å². The summed E-state index contributed by atoms with van der Waals surface area (Å²) in [5, 5.41) is 0. The van der Waals surface area contributed by atoms with Crippen molar-refractivity contribution in [3.63, 3.8) is 0 Å². The number of aromatic nitrogens is 4. The van der Waals surface area contributed by atoms with Crippen molar-refractivity contribution in [1.82, 2.24) is 19.5 Å². The number of rotatable bonds is 1. The summed E-state index contributed by atoms with van der Waals surface area (Å²) in [6, 6.07) is 0.242. The van der Waals surface area contributed by atoms with E-state index in [1.165, 1.54) is 0 Å². The molecule has 1 fully saturated rings. The highest BCUT2D eigenvalue weighted by Gasteiger charge is 2.21. The van der Waals surface area contributed by atoms with Gasteiger partial charge >= 0.3 is 0 Å². The zero-order valence-corrected chi connectivity index (χ0v) is 9.17. The molecular formula is C10H14N6. The molecule has 2 N–H and O–H groups in total. The molecule has 0 spiro atoms. The van der Waals surface area contributed by atoms with E-state index in [4.69, 9.17) is 5.73 Å². The molecule has 0 amide bonds. The quantitative estimate of drug-likeness (QED) is 0.723. The first kappa shape index (κ1) is 9.53. The van der Waals surface area contributed by atoms with E-state index in [0.717, 1.165) is 36.6 Å². The molecule has 3 rings (SSSR count). The third kappa shape index (κ3) is 1.42. The number of aryl methyl sites for hydroxylation is 1. The third-order valence-corrected chi connectivity index (χ3v) is 2.95. The van der Waals surface area contributed by atoms with E-state index in [0.29, 0.717) is 0 Å². The average molecular weight is 218 g/mol. The standard InChI is InChI=1S/C10H14N6/c1-15-6-13-8-4-12-10(14-9(8)15)16-3-2-7(11)5-16/h4,6-7H,2-3,5,11H2,1H3. The Hall–Kier alpha value is -1.69. The van der Waals surface area contributed by atoms with Gasteiger partial charge in [0.25, 0.3) is 0 Å². The minimum atomic E-state index is 0.242. The van der Waals surface area contributed by atoms with Crippen LogP contribution in [0.2, 0.25) is 0 Å². The Kier molecular flexibility index (Phi) is 2.03. The van der Waals surface area contributed by atoms with Crippen LogP contribution in [0.25, 0.3) is 11.2 Å². The molecule has 0 saturated carbocycles. The van der Waals surface area contributed by atoms with Gasteiger partial charge in [-0.1, -0.05) is 0 Å². The highest BCUT2D eigenvalue weighted by Crippen LogP contribution is 2.17. The van der Waals surface area contributed by atoms with Crippen molar-refractivity contribution < 1.29 is 0 Å². The zero-order valence-electron chi connectivity index (χ0n) is 9.17. The van der Waals surface area contributed by atoms with Gasteiger partial charge in [0.15, 0.2) is 5.65 Å². The molecule has 1 aliphatic rings. The lowest BCUT2D eigenvalue weighted by molar-refractivity contribution is 0.750. The molecule has 16 heavy (non-hydrogen) atoms. The van der Waals surface area contributed by atoms with Crippen molar-refractivity contribution in [1.29, 1.82) is 0 Å². The van der Waals surface area contributed by atoms with E-state index < -0.39 is 0 Å². The summed E-state index contributed by atoms with van der Waals surface area (Å²) in [7, 11) is 1.93. The molecule has 0 radical (unpaired) electrons. The second-order valence-corrected chi connectivity index (χ2v) is 4.23. The molecule has 2 aromatic heterocycles. The molecule has 0 aromatic carbocycles. The van der Waals surface area contributed by atoms with Crippen molar-refractivity contribution in [2.75, 3.05) is 18.0 Å². The summed E-state index contributed by atoms with van der Waals surface area (Å²) < 4.78 is 1.90. The lowest BCUT2D eigenvalue weighted by Crippen LogP contribution is -2.27. The number of nitrogens with two attached hydrogens (primary N) is 1. The predicted octanol–water partition coefficient (Wildman–Crippen LogP) is -0.0993. The third-order valence-electron chi connectivity index (χ3n) is 2.95. The van der Waals surface area contributed by atoms with Crippen LogP contribution in [0.15, 0.2) is 12.5 Å². The molecule has 6 nitrogen and oxygen atoms in total. The van der Waals surface area contributed by atoms with E-state index in [2.05, 4.69) is 19.9 Å². The van der Waals surface area contributed by atoms with Crippen molar-refractivity contribution in [2.24, 2.45) is 12.8 Å². The lowest BCUT2D eigenvalue weighted by Gasteiger charge is -2.14. The topological polar surface area (TPSA) is 72.9 Å². The van der Waals surface area contributed by atoms with E-state index >= 15 is 0 Å². The SMILES string of the molecule is Cn1cnc2cnc(N3CCC(N)C3)nc21. The number of hydrogen-bond acceptors (Lipinski definition) is 5. The van der Waals surface area contributed by atoms with Gasteiger partial charge in [-0.3, -0.25) is 0 Å². The van der Waals surface area contributed by atoms with Crippen molar-refractivity contribution >= 4 is 17.1 Å². The molecule has 3 heterocycles. The van der Waals surface area contributed by atoms with Gasteiger partial charge in [-0.25, -0.2) is 9.97 Å². The van der Waals surface area contributed by atoms with Crippen molar-refractivity contribution in [3.05, 3.63) is 12.5 Å². The first-order chi connectivity index (χ1) is 7.74. The predicted molar refractivity (Wildman–Crippen MR) is 61.1 cm³/mol. The molecule has 1 unspecified atom stereocenters. The van der Waals surface area contributed by atoms with Gasteiger partial charge in [-0.2, -0.15) is 4.98 Å². The van der Waals surface area contributed by atoms with Gasteiger partial charge in [-0.05, 0) is 6.42 Å². The fraction of sp³-hybridized carbons (Fsp3) is 0.500. The van der Waals surface area contributed by atoms with E-state index in [9.17, 15) is 0 Å². The number of fused-ring (bicyclic) bond motifs is 1. The zero-order chi connectivity index (χ0) is 11.1. The maximum atomic E-state index is 5.87. The smallest absolute Gasteiger partial charge is 0.227 e. The van der Waals surface area contributed by atoms with Crippen LogP contribution in [0.4, 0.5) is 5.95 Å². The molecule has 6 heteroatoms. The Morgan fingerprint density at radius 1 is 1.44 bits per heavy atom. The highest BCUT2D eigenvalue weighted by atomic mass is 15.3. The molecule has 84 valence electrons. The first-order valence-electron chi connectivity index (χ1n) is 5.38. The van der Waals surface area contributed by atoms with Crippen LogP contribution < -0.4 is 10.6 Å². The largest absolute Gasteiger partial charge is 0.339 e.